The summed E-state index contributed by atoms with van der Waals surface area (Å²) in [5.41, 5.74) is 0.975. The van der Waals surface area contributed by atoms with E-state index in [2.05, 4.69) is 15.2 Å². The molecule has 2 aromatic heterocycles. The molecule has 0 saturated carbocycles. The fourth-order valence-corrected chi connectivity index (χ4v) is 5.11. The monoisotopic (exact) mass is 420 g/mol. The maximum absolute atomic E-state index is 12.8. The lowest BCUT2D eigenvalue weighted by Gasteiger charge is -2.28. The molecule has 1 amide bonds. The van der Waals surface area contributed by atoms with Gasteiger partial charge in [0.1, 0.15) is 29.6 Å². The molecule has 2 saturated heterocycles. The molecular formula is C20H30N5O3S+. The topological polar surface area (TPSA) is 81.0 Å². The van der Waals surface area contributed by atoms with Crippen molar-refractivity contribution in [3.8, 4) is 0 Å². The first kappa shape index (κ1) is 20.5. The molecule has 4 heterocycles. The van der Waals surface area contributed by atoms with E-state index in [1.165, 1.54) is 11.3 Å². The second-order valence-electron chi connectivity index (χ2n) is 7.65. The van der Waals surface area contributed by atoms with Crippen molar-refractivity contribution < 1.29 is 19.2 Å². The first-order chi connectivity index (χ1) is 14.1. The summed E-state index contributed by atoms with van der Waals surface area (Å²) >= 11 is 1.47. The molecule has 0 bridgehead atoms. The number of rotatable bonds is 6. The van der Waals surface area contributed by atoms with E-state index in [1.54, 1.807) is 4.90 Å². The van der Waals surface area contributed by atoms with E-state index in [9.17, 15) is 4.79 Å². The van der Waals surface area contributed by atoms with Crippen molar-refractivity contribution in [3.63, 3.8) is 0 Å². The summed E-state index contributed by atoms with van der Waals surface area (Å²) < 4.78 is 10.9. The first-order valence-electron chi connectivity index (χ1n) is 10.4. The van der Waals surface area contributed by atoms with E-state index in [4.69, 9.17) is 14.5 Å². The fraction of sp³-hybridized carbons (Fsp3) is 0.650. The van der Waals surface area contributed by atoms with E-state index in [-0.39, 0.29) is 5.91 Å². The van der Waals surface area contributed by atoms with E-state index in [1.807, 2.05) is 13.8 Å². The van der Waals surface area contributed by atoms with Crippen molar-refractivity contribution in [1.29, 1.82) is 0 Å². The highest BCUT2D eigenvalue weighted by Gasteiger charge is 2.23. The summed E-state index contributed by atoms with van der Waals surface area (Å²) in [6.07, 6.45) is 0.975. The van der Waals surface area contributed by atoms with Crippen molar-refractivity contribution in [2.75, 3.05) is 70.6 Å². The van der Waals surface area contributed by atoms with Crippen LogP contribution >= 0.6 is 11.3 Å². The predicted octanol–water partition coefficient (Wildman–Crippen LogP) is 0.180. The smallest absolute Gasteiger partial charge is 0.261 e. The Kier molecular flexibility index (Phi) is 6.59. The summed E-state index contributed by atoms with van der Waals surface area (Å²) in [6, 6.07) is 0. The van der Waals surface area contributed by atoms with Crippen LogP contribution in [0.3, 0.4) is 0 Å². The maximum Gasteiger partial charge on any atom is 0.261 e. The number of carbonyl (C=O) groups is 1. The minimum Gasteiger partial charge on any atom is -0.378 e. The van der Waals surface area contributed by atoms with E-state index >= 15 is 0 Å². The molecule has 2 N–H and O–H groups in total. The number of ether oxygens (including phenoxy) is 2. The predicted molar refractivity (Wildman–Crippen MR) is 113 cm³/mol. The van der Waals surface area contributed by atoms with Gasteiger partial charge >= 0.3 is 0 Å². The molecule has 2 aromatic rings. The molecule has 29 heavy (non-hydrogen) atoms. The number of morpholine rings is 2. The van der Waals surface area contributed by atoms with Crippen LogP contribution in [0.4, 0.5) is 5.82 Å². The molecule has 0 radical (unpaired) electrons. The van der Waals surface area contributed by atoms with Crippen LogP contribution in [0.2, 0.25) is 0 Å². The summed E-state index contributed by atoms with van der Waals surface area (Å²) in [7, 11) is 0. The highest BCUT2D eigenvalue weighted by atomic mass is 32.1. The Morgan fingerprint density at radius 3 is 2.62 bits per heavy atom. The number of nitrogens with zero attached hydrogens (tertiary/aromatic N) is 3. The quantitative estimate of drug-likeness (QED) is 0.649. The number of quaternary nitrogens is 1. The van der Waals surface area contributed by atoms with Crippen molar-refractivity contribution in [1.82, 2.24) is 15.3 Å². The average molecular weight is 421 g/mol. The van der Waals surface area contributed by atoms with Crippen LogP contribution in [0.1, 0.15) is 27.5 Å². The molecule has 0 unspecified atom stereocenters. The van der Waals surface area contributed by atoms with Crippen molar-refractivity contribution >= 4 is 33.3 Å². The van der Waals surface area contributed by atoms with Gasteiger partial charge in [0.25, 0.3) is 5.91 Å². The minimum absolute atomic E-state index is 0.00643. The average Bonchev–Trinajstić information content (AvgIpc) is 3.08. The number of carbonyl (C=O) groups excluding carboxylic acids is 1. The number of anilines is 1. The Hall–Kier alpha value is -1.81. The van der Waals surface area contributed by atoms with Gasteiger partial charge in [0.15, 0.2) is 0 Å². The van der Waals surface area contributed by atoms with Crippen LogP contribution in [-0.4, -0.2) is 81.6 Å². The van der Waals surface area contributed by atoms with Gasteiger partial charge < -0.3 is 24.6 Å². The number of hydrogen-bond acceptors (Lipinski definition) is 7. The number of fused-ring (bicyclic) bond motifs is 1. The maximum atomic E-state index is 12.8. The zero-order valence-electron chi connectivity index (χ0n) is 17.3. The van der Waals surface area contributed by atoms with Crippen molar-refractivity contribution in [2.24, 2.45) is 0 Å². The molecule has 0 aliphatic carbocycles. The summed E-state index contributed by atoms with van der Waals surface area (Å²) in [5.74, 6) is 1.66. The number of thiophene rings is 1. The second-order valence-corrected chi connectivity index (χ2v) is 8.65. The lowest BCUT2D eigenvalue weighted by molar-refractivity contribution is -0.908. The molecule has 0 spiro atoms. The third-order valence-electron chi connectivity index (χ3n) is 5.59. The molecule has 4 rings (SSSR count). The minimum atomic E-state index is -0.00643. The molecule has 2 fully saturated rings. The van der Waals surface area contributed by atoms with Gasteiger partial charge in [-0.15, -0.1) is 11.3 Å². The first-order valence-corrected chi connectivity index (χ1v) is 11.2. The van der Waals surface area contributed by atoms with E-state index < -0.39 is 0 Å². The number of aryl methyl sites for hydroxylation is 2. The molecule has 2 aliphatic rings. The van der Waals surface area contributed by atoms with Gasteiger partial charge in [0.2, 0.25) is 0 Å². The van der Waals surface area contributed by atoms with Gasteiger partial charge in [-0.25, -0.2) is 9.97 Å². The Bertz CT molecular complexity index is 859. The summed E-state index contributed by atoms with van der Waals surface area (Å²) in [5, 5.41) is 4.10. The highest BCUT2D eigenvalue weighted by Crippen LogP contribution is 2.35. The van der Waals surface area contributed by atoms with Crippen LogP contribution in [0.15, 0.2) is 0 Å². The molecule has 9 heteroatoms. The van der Waals surface area contributed by atoms with Gasteiger partial charge in [0, 0.05) is 26.1 Å². The van der Waals surface area contributed by atoms with Gasteiger partial charge in [-0.2, -0.15) is 0 Å². The van der Waals surface area contributed by atoms with Crippen LogP contribution in [0, 0.1) is 13.8 Å². The van der Waals surface area contributed by atoms with Gasteiger partial charge in [-0.3, -0.25) is 4.79 Å². The number of amides is 1. The van der Waals surface area contributed by atoms with Crippen LogP contribution < -0.4 is 15.1 Å². The van der Waals surface area contributed by atoms with Crippen LogP contribution in [0.5, 0.6) is 0 Å². The standard InChI is InChI=1S/C20H29N5O3S/c1-14-16-18(25-8-12-28-13-9-25)22-15(2)23-20(16)29-17(14)19(26)21-4-3-5-24-6-10-27-11-7-24/h3-13H2,1-2H3,(H,21,26)/p+1. The van der Waals surface area contributed by atoms with Crippen molar-refractivity contribution in [3.05, 3.63) is 16.3 Å². The normalized spacial score (nSPS) is 18.3. The zero-order chi connectivity index (χ0) is 20.2. The number of aromatic nitrogens is 2. The van der Waals surface area contributed by atoms with Gasteiger partial charge in [0.05, 0.1) is 43.2 Å². The number of hydrogen-bond donors (Lipinski definition) is 2. The Morgan fingerprint density at radius 2 is 1.86 bits per heavy atom. The van der Waals surface area contributed by atoms with Gasteiger partial charge in [-0.1, -0.05) is 0 Å². The van der Waals surface area contributed by atoms with E-state index in [0.717, 1.165) is 84.7 Å². The molecule has 2 aliphatic heterocycles. The van der Waals surface area contributed by atoms with Gasteiger partial charge in [-0.05, 0) is 19.4 Å². The summed E-state index contributed by atoms with van der Waals surface area (Å²) in [4.78, 5) is 27.6. The Balaban J connectivity index is 1.45. The van der Waals surface area contributed by atoms with E-state index in [0.29, 0.717) is 19.8 Å². The molecule has 0 atom stereocenters. The highest BCUT2D eigenvalue weighted by molar-refractivity contribution is 7.20. The largest absolute Gasteiger partial charge is 0.378 e. The zero-order valence-corrected chi connectivity index (χ0v) is 18.1. The lowest BCUT2D eigenvalue weighted by atomic mass is 10.1. The Labute approximate surface area is 175 Å². The van der Waals surface area contributed by atoms with Crippen LogP contribution in [-0.2, 0) is 9.47 Å². The molecular weight excluding hydrogens is 390 g/mol. The Morgan fingerprint density at radius 1 is 1.14 bits per heavy atom. The molecule has 8 nitrogen and oxygen atoms in total. The second kappa shape index (κ2) is 9.34. The molecule has 0 aromatic carbocycles. The van der Waals surface area contributed by atoms with Crippen molar-refractivity contribution in [2.45, 2.75) is 20.3 Å². The van der Waals surface area contributed by atoms with Crippen LogP contribution in [0.25, 0.3) is 10.2 Å². The third-order valence-corrected chi connectivity index (χ3v) is 6.78. The fourth-order valence-electron chi connectivity index (χ4n) is 3.97. The lowest BCUT2D eigenvalue weighted by Crippen LogP contribution is -3.14. The molecule has 158 valence electrons. The summed E-state index contributed by atoms with van der Waals surface area (Å²) in [6.45, 7) is 12.5. The SMILES string of the molecule is Cc1nc(N2CCOCC2)c2c(C)c(C(=O)NCCC[NH+]3CCOCC3)sc2n1. The third kappa shape index (κ3) is 4.69. The number of nitrogens with one attached hydrogen (secondary N) is 2.